The van der Waals surface area contributed by atoms with E-state index in [1.54, 1.807) is 6.20 Å². The number of amides is 1. The van der Waals surface area contributed by atoms with Crippen LogP contribution in [-0.2, 0) is 17.8 Å². The lowest BCUT2D eigenvalue weighted by molar-refractivity contribution is -0.134. The summed E-state index contributed by atoms with van der Waals surface area (Å²) >= 11 is 0. The van der Waals surface area contributed by atoms with Gasteiger partial charge >= 0.3 is 0 Å². The first-order valence-electron chi connectivity index (χ1n) is 11.7. The van der Waals surface area contributed by atoms with E-state index in [-0.39, 0.29) is 11.3 Å². The number of hydrogen-bond donors (Lipinski definition) is 1. The zero-order valence-electron chi connectivity index (χ0n) is 19.0. The van der Waals surface area contributed by atoms with E-state index in [0.29, 0.717) is 0 Å². The minimum atomic E-state index is -0.374. The number of pyridine rings is 1. The molecule has 4 nitrogen and oxygen atoms in total. The molecule has 0 atom stereocenters. The Morgan fingerprint density at radius 2 is 1.75 bits per heavy atom. The van der Waals surface area contributed by atoms with Crippen molar-refractivity contribution in [3.63, 3.8) is 0 Å². The molecule has 32 heavy (non-hydrogen) atoms. The second-order valence-electron chi connectivity index (χ2n) is 8.87. The van der Waals surface area contributed by atoms with Gasteiger partial charge in [-0.1, -0.05) is 67.6 Å². The first-order chi connectivity index (χ1) is 15.7. The minimum absolute atomic E-state index is 0.208. The summed E-state index contributed by atoms with van der Waals surface area (Å²) in [6, 6.07) is 23.1. The number of carbonyl (C=O) groups is 1. The van der Waals surface area contributed by atoms with Crippen LogP contribution in [0.2, 0.25) is 0 Å². The van der Waals surface area contributed by atoms with Gasteiger partial charge in [-0.2, -0.15) is 0 Å². The molecule has 4 rings (SSSR count). The number of nitrogens with zero attached hydrogens (tertiary/aromatic N) is 2. The van der Waals surface area contributed by atoms with Crippen LogP contribution in [0.5, 0.6) is 0 Å². The van der Waals surface area contributed by atoms with Gasteiger partial charge in [0.1, 0.15) is 0 Å². The van der Waals surface area contributed by atoms with Gasteiger partial charge in [0, 0.05) is 31.0 Å². The quantitative estimate of drug-likeness (QED) is 0.544. The number of carbonyl (C=O) groups excluding carboxylic acids is 1. The minimum Gasteiger partial charge on any atom is -0.356 e. The highest BCUT2D eigenvalue weighted by Gasteiger charge is 2.41. The topological polar surface area (TPSA) is 45.2 Å². The molecule has 0 unspecified atom stereocenters. The van der Waals surface area contributed by atoms with Gasteiger partial charge in [0.25, 0.3) is 0 Å². The third kappa shape index (κ3) is 5.25. The van der Waals surface area contributed by atoms with E-state index in [9.17, 15) is 4.79 Å². The van der Waals surface area contributed by atoms with Gasteiger partial charge in [0.15, 0.2) is 0 Å². The third-order valence-corrected chi connectivity index (χ3v) is 6.60. The molecule has 166 valence electrons. The fourth-order valence-corrected chi connectivity index (χ4v) is 4.73. The second-order valence-corrected chi connectivity index (χ2v) is 8.87. The summed E-state index contributed by atoms with van der Waals surface area (Å²) in [6.07, 6.45) is 7.16. The first kappa shape index (κ1) is 22.2. The van der Waals surface area contributed by atoms with Crippen LogP contribution < -0.4 is 5.32 Å². The van der Waals surface area contributed by atoms with Crippen molar-refractivity contribution < 1.29 is 4.79 Å². The van der Waals surface area contributed by atoms with E-state index >= 15 is 0 Å². The Balaban J connectivity index is 1.56. The predicted octanol–water partition coefficient (Wildman–Crippen LogP) is 5.10. The van der Waals surface area contributed by atoms with E-state index in [1.807, 2.05) is 12.3 Å². The maximum Gasteiger partial charge on any atom is 0.226 e. The van der Waals surface area contributed by atoms with Gasteiger partial charge in [-0.05, 0) is 61.5 Å². The molecule has 0 bridgehead atoms. The molecule has 1 saturated heterocycles. The lowest BCUT2D eigenvalue weighted by Crippen LogP contribution is -2.50. The first-order valence-corrected chi connectivity index (χ1v) is 11.7. The fourth-order valence-electron chi connectivity index (χ4n) is 4.73. The normalized spacial score (nSPS) is 15.9. The highest BCUT2D eigenvalue weighted by Crippen LogP contribution is 2.38. The van der Waals surface area contributed by atoms with Gasteiger partial charge in [0.2, 0.25) is 5.91 Å². The van der Waals surface area contributed by atoms with Gasteiger partial charge in [0.05, 0.1) is 5.41 Å². The monoisotopic (exact) mass is 427 g/mol. The molecule has 0 aliphatic carbocycles. The van der Waals surface area contributed by atoms with Crippen LogP contribution in [0, 0.1) is 5.41 Å². The van der Waals surface area contributed by atoms with Gasteiger partial charge in [-0.15, -0.1) is 0 Å². The lowest BCUT2D eigenvalue weighted by atomic mass is 9.72. The van der Waals surface area contributed by atoms with E-state index in [1.165, 1.54) is 16.7 Å². The molecule has 2 heterocycles. The molecule has 0 spiro atoms. The maximum absolute atomic E-state index is 13.5. The zero-order valence-corrected chi connectivity index (χ0v) is 19.0. The van der Waals surface area contributed by atoms with Gasteiger partial charge in [-0.3, -0.25) is 14.7 Å². The lowest BCUT2D eigenvalue weighted by Gasteiger charge is -2.41. The van der Waals surface area contributed by atoms with Crippen LogP contribution in [0.4, 0.5) is 0 Å². The number of likely N-dealkylation sites (tertiary alicyclic amines) is 1. The number of aromatic nitrogens is 1. The Labute approximate surface area is 191 Å². The summed E-state index contributed by atoms with van der Waals surface area (Å²) in [6.45, 7) is 5.65. The molecule has 1 aliphatic heterocycles. The molecule has 1 fully saturated rings. The zero-order chi connectivity index (χ0) is 22.2. The summed E-state index contributed by atoms with van der Waals surface area (Å²) in [5.41, 5.74) is 4.46. The Bertz CT molecular complexity index is 995. The molecule has 1 N–H and O–H groups in total. The summed E-state index contributed by atoms with van der Waals surface area (Å²) in [5.74, 6) is 0.208. The van der Waals surface area contributed by atoms with Crippen molar-refractivity contribution in [1.29, 1.82) is 0 Å². The molecule has 1 amide bonds. The van der Waals surface area contributed by atoms with E-state index in [2.05, 4.69) is 82.8 Å². The highest BCUT2D eigenvalue weighted by atomic mass is 16.2. The van der Waals surface area contributed by atoms with Gasteiger partial charge in [-0.25, -0.2) is 0 Å². The Morgan fingerprint density at radius 3 is 2.47 bits per heavy atom. The van der Waals surface area contributed by atoms with Crippen molar-refractivity contribution in [2.75, 3.05) is 19.6 Å². The largest absolute Gasteiger partial charge is 0.356 e. The van der Waals surface area contributed by atoms with Crippen LogP contribution >= 0.6 is 0 Å². The van der Waals surface area contributed by atoms with Crippen LogP contribution in [0.1, 0.15) is 37.3 Å². The summed E-state index contributed by atoms with van der Waals surface area (Å²) in [7, 11) is 0. The van der Waals surface area contributed by atoms with Crippen molar-refractivity contribution in [1.82, 2.24) is 15.2 Å². The number of piperidine rings is 1. The molecule has 2 aromatic carbocycles. The Hall–Kier alpha value is -2.98. The summed E-state index contributed by atoms with van der Waals surface area (Å²) in [5, 5.41) is 3.22. The van der Waals surface area contributed by atoms with Gasteiger partial charge < -0.3 is 5.32 Å². The number of rotatable bonds is 8. The SMILES string of the molecule is CCCNC(=O)C1(Cc2ccccc2-c2cccnc2)CCN(Cc2ccccc2)CC1. The Morgan fingerprint density at radius 1 is 1.00 bits per heavy atom. The molecule has 1 aromatic heterocycles. The molecule has 1 aliphatic rings. The second kappa shape index (κ2) is 10.6. The van der Waals surface area contributed by atoms with Crippen molar-refractivity contribution >= 4 is 5.91 Å². The number of hydrogen-bond acceptors (Lipinski definition) is 3. The average molecular weight is 428 g/mol. The average Bonchev–Trinajstić information content (AvgIpc) is 2.85. The summed E-state index contributed by atoms with van der Waals surface area (Å²) in [4.78, 5) is 20.2. The standard InChI is InChI=1S/C28H33N3O/c1-2-16-30-27(32)28(14-18-31(19-15-28)22-23-9-4-3-5-10-23)20-24-11-6-7-13-26(24)25-12-8-17-29-21-25/h3-13,17,21H,2,14-16,18-20,22H2,1H3,(H,30,32). The van der Waals surface area contributed by atoms with Crippen LogP contribution in [0.15, 0.2) is 79.1 Å². The molecular weight excluding hydrogens is 394 g/mol. The summed E-state index contributed by atoms with van der Waals surface area (Å²) < 4.78 is 0. The highest BCUT2D eigenvalue weighted by molar-refractivity contribution is 5.83. The van der Waals surface area contributed by atoms with Crippen LogP contribution in [0.25, 0.3) is 11.1 Å². The molecule has 0 radical (unpaired) electrons. The van der Waals surface area contributed by atoms with Crippen molar-refractivity contribution in [3.05, 3.63) is 90.3 Å². The van der Waals surface area contributed by atoms with Crippen LogP contribution in [-0.4, -0.2) is 35.4 Å². The maximum atomic E-state index is 13.5. The molecular formula is C28H33N3O. The van der Waals surface area contributed by atoms with E-state index in [0.717, 1.165) is 57.4 Å². The van der Waals surface area contributed by atoms with E-state index in [4.69, 9.17) is 0 Å². The van der Waals surface area contributed by atoms with Crippen LogP contribution in [0.3, 0.4) is 0 Å². The molecule has 3 aromatic rings. The van der Waals surface area contributed by atoms with Crippen molar-refractivity contribution in [2.45, 2.75) is 39.2 Å². The number of benzene rings is 2. The Kier molecular flexibility index (Phi) is 7.33. The molecule has 4 heteroatoms. The predicted molar refractivity (Wildman–Crippen MR) is 130 cm³/mol. The smallest absolute Gasteiger partial charge is 0.226 e. The van der Waals surface area contributed by atoms with Crippen molar-refractivity contribution in [3.8, 4) is 11.1 Å². The number of nitrogens with one attached hydrogen (secondary N) is 1. The van der Waals surface area contributed by atoms with Crippen molar-refractivity contribution in [2.24, 2.45) is 5.41 Å². The molecule has 0 saturated carbocycles. The fraction of sp³-hybridized carbons (Fsp3) is 0.357. The van der Waals surface area contributed by atoms with E-state index < -0.39 is 0 Å². The third-order valence-electron chi connectivity index (χ3n) is 6.60.